The fourth-order valence-electron chi connectivity index (χ4n) is 4.42. The molecule has 1 aliphatic rings. The van der Waals surface area contributed by atoms with Gasteiger partial charge in [0.1, 0.15) is 5.82 Å². The van der Waals surface area contributed by atoms with Gasteiger partial charge in [0.05, 0.1) is 5.92 Å². The smallest absolute Gasteiger partial charge is 0.251 e. The number of rotatable bonds is 6. The molecular weight excluding hydrogens is 447 g/mol. The van der Waals surface area contributed by atoms with Crippen LogP contribution in [0.5, 0.6) is 0 Å². The molecule has 1 atom stereocenters. The average Bonchev–Trinajstić information content (AvgIpc) is 3.39. The van der Waals surface area contributed by atoms with Crippen LogP contribution < -0.4 is 5.32 Å². The molecule has 1 fully saturated rings. The number of benzene rings is 3. The summed E-state index contributed by atoms with van der Waals surface area (Å²) in [6.07, 6.45) is 1.86. The van der Waals surface area contributed by atoms with Crippen LogP contribution >= 0.6 is 0 Å². The van der Waals surface area contributed by atoms with E-state index in [1.807, 2.05) is 36.4 Å². The number of halogens is 1. The van der Waals surface area contributed by atoms with Crippen LogP contribution in [0, 0.1) is 5.82 Å². The third-order valence-electron chi connectivity index (χ3n) is 6.28. The number of nitrogens with zero attached hydrogens (tertiary/aromatic N) is 3. The first-order chi connectivity index (χ1) is 17.1. The lowest BCUT2D eigenvalue weighted by atomic mass is 9.97. The Kier molecular flexibility index (Phi) is 6.52. The number of amides is 2. The molecule has 1 aliphatic heterocycles. The van der Waals surface area contributed by atoms with Gasteiger partial charge in [0.15, 0.2) is 0 Å². The highest BCUT2D eigenvalue weighted by Gasteiger charge is 2.28. The number of carbonyl (C=O) groups is 2. The second-order valence-corrected chi connectivity index (χ2v) is 8.71. The highest BCUT2D eigenvalue weighted by molar-refractivity contribution is 5.98. The normalized spacial score (nSPS) is 15.8. The van der Waals surface area contributed by atoms with E-state index in [9.17, 15) is 14.0 Å². The zero-order valence-electron chi connectivity index (χ0n) is 19.1. The van der Waals surface area contributed by atoms with Crippen molar-refractivity contribution in [1.29, 1.82) is 0 Å². The molecule has 0 saturated carbocycles. The second kappa shape index (κ2) is 10.0. The van der Waals surface area contributed by atoms with Crippen LogP contribution in [0.25, 0.3) is 22.2 Å². The van der Waals surface area contributed by atoms with Crippen LogP contribution in [-0.2, 0) is 4.79 Å². The van der Waals surface area contributed by atoms with Crippen LogP contribution in [0.15, 0.2) is 71.3 Å². The summed E-state index contributed by atoms with van der Waals surface area (Å²) < 4.78 is 18.9. The number of carbonyl (C=O) groups excluding carboxylic acids is 2. The number of hydrogen-bond acceptors (Lipinski definition) is 5. The Hall–Kier alpha value is -4.07. The van der Waals surface area contributed by atoms with Crippen molar-refractivity contribution in [2.75, 3.05) is 19.6 Å². The molecular formula is C27H25FN4O3. The maximum atomic E-state index is 13.5. The van der Waals surface area contributed by atoms with Crippen LogP contribution in [0.4, 0.5) is 4.39 Å². The van der Waals surface area contributed by atoms with Crippen molar-refractivity contribution in [3.05, 3.63) is 84.0 Å². The van der Waals surface area contributed by atoms with E-state index < -0.39 is 0 Å². The molecule has 0 bridgehead atoms. The van der Waals surface area contributed by atoms with E-state index in [0.717, 1.165) is 23.6 Å². The predicted molar refractivity (Wildman–Crippen MR) is 129 cm³/mol. The Labute approximate surface area is 201 Å². The van der Waals surface area contributed by atoms with Crippen molar-refractivity contribution in [1.82, 2.24) is 20.4 Å². The standard InChI is InChI=1S/C27H25FN4O3/c28-23-9-3-7-20(16-23)25-30-27(35-31-25)22-8-4-14-32(17-22)24(33)12-13-29-26(34)21-11-10-18-5-1-2-6-19(18)15-21/h1-3,5-7,9-11,15-16,22H,4,8,12-14,17H2,(H,29,34). The number of likely N-dealkylation sites (tertiary alicyclic amines) is 1. The minimum atomic E-state index is -0.365. The number of fused-ring (bicyclic) bond motifs is 1. The monoisotopic (exact) mass is 472 g/mol. The van der Waals surface area contributed by atoms with Gasteiger partial charge in [0.25, 0.3) is 5.91 Å². The molecule has 7 nitrogen and oxygen atoms in total. The van der Waals surface area contributed by atoms with Gasteiger partial charge in [-0.25, -0.2) is 4.39 Å². The van der Waals surface area contributed by atoms with E-state index in [2.05, 4.69) is 15.5 Å². The second-order valence-electron chi connectivity index (χ2n) is 8.71. The molecule has 0 radical (unpaired) electrons. The lowest BCUT2D eigenvalue weighted by Gasteiger charge is -2.31. The molecule has 2 heterocycles. The molecule has 4 aromatic rings. The molecule has 3 aromatic carbocycles. The lowest BCUT2D eigenvalue weighted by molar-refractivity contribution is -0.132. The largest absolute Gasteiger partial charge is 0.352 e. The Morgan fingerprint density at radius 1 is 1.06 bits per heavy atom. The van der Waals surface area contributed by atoms with Crippen molar-refractivity contribution >= 4 is 22.6 Å². The van der Waals surface area contributed by atoms with Gasteiger partial charge in [-0.2, -0.15) is 4.98 Å². The summed E-state index contributed by atoms with van der Waals surface area (Å²) in [7, 11) is 0. The van der Waals surface area contributed by atoms with Gasteiger partial charge < -0.3 is 14.7 Å². The Morgan fingerprint density at radius 2 is 1.91 bits per heavy atom. The van der Waals surface area contributed by atoms with Gasteiger partial charge >= 0.3 is 0 Å². The van der Waals surface area contributed by atoms with E-state index in [1.165, 1.54) is 12.1 Å². The van der Waals surface area contributed by atoms with Crippen molar-refractivity contribution < 1.29 is 18.5 Å². The zero-order chi connectivity index (χ0) is 24.2. The molecule has 0 spiro atoms. The third kappa shape index (κ3) is 5.21. The first kappa shape index (κ1) is 22.7. The summed E-state index contributed by atoms with van der Waals surface area (Å²) in [5.41, 5.74) is 1.12. The van der Waals surface area contributed by atoms with Crippen molar-refractivity contribution in [2.45, 2.75) is 25.2 Å². The van der Waals surface area contributed by atoms with Gasteiger partial charge in [-0.15, -0.1) is 0 Å². The number of nitrogens with one attached hydrogen (secondary N) is 1. The van der Waals surface area contributed by atoms with Crippen molar-refractivity contribution in [2.24, 2.45) is 0 Å². The molecule has 0 aliphatic carbocycles. The summed E-state index contributed by atoms with van der Waals surface area (Å²) in [5, 5.41) is 8.90. The van der Waals surface area contributed by atoms with Gasteiger partial charge in [-0.05, 0) is 47.9 Å². The van der Waals surface area contributed by atoms with E-state index in [4.69, 9.17) is 4.52 Å². The van der Waals surface area contributed by atoms with E-state index in [0.29, 0.717) is 35.9 Å². The van der Waals surface area contributed by atoms with E-state index in [-0.39, 0.29) is 36.5 Å². The molecule has 1 N–H and O–H groups in total. The summed E-state index contributed by atoms with van der Waals surface area (Å²) in [5.74, 6) is 0.116. The minimum Gasteiger partial charge on any atom is -0.352 e. The SMILES string of the molecule is O=C(NCCC(=O)N1CCCC(c2nc(-c3cccc(F)c3)no2)C1)c1ccc2ccccc2c1. The van der Waals surface area contributed by atoms with E-state index in [1.54, 1.807) is 23.1 Å². The van der Waals surface area contributed by atoms with E-state index >= 15 is 0 Å². The number of aromatic nitrogens is 2. The summed E-state index contributed by atoms with van der Waals surface area (Å²) >= 11 is 0. The highest BCUT2D eigenvalue weighted by Crippen LogP contribution is 2.28. The molecule has 5 rings (SSSR count). The van der Waals surface area contributed by atoms with Crippen LogP contribution in [0.3, 0.4) is 0 Å². The first-order valence-corrected chi connectivity index (χ1v) is 11.7. The number of hydrogen-bond donors (Lipinski definition) is 1. The highest BCUT2D eigenvalue weighted by atomic mass is 19.1. The molecule has 178 valence electrons. The fraction of sp³-hybridized carbons (Fsp3) is 0.259. The van der Waals surface area contributed by atoms with Crippen molar-refractivity contribution in [3.63, 3.8) is 0 Å². The van der Waals surface area contributed by atoms with Crippen LogP contribution in [0.1, 0.15) is 41.4 Å². The molecule has 1 saturated heterocycles. The summed E-state index contributed by atoms with van der Waals surface area (Å²) in [6, 6.07) is 19.5. The lowest BCUT2D eigenvalue weighted by Crippen LogP contribution is -2.40. The maximum Gasteiger partial charge on any atom is 0.251 e. The van der Waals surface area contributed by atoms with Crippen LogP contribution in [0.2, 0.25) is 0 Å². The summed E-state index contributed by atoms with van der Waals surface area (Å²) in [6.45, 7) is 1.39. The Balaban J connectivity index is 1.15. The zero-order valence-corrected chi connectivity index (χ0v) is 19.1. The molecule has 2 amide bonds. The predicted octanol–water partition coefficient (Wildman–Crippen LogP) is 4.56. The molecule has 1 aromatic heterocycles. The molecule has 1 unspecified atom stereocenters. The Morgan fingerprint density at radius 3 is 2.77 bits per heavy atom. The molecule has 8 heteroatoms. The quantitative estimate of drug-likeness (QED) is 0.445. The topological polar surface area (TPSA) is 88.3 Å². The van der Waals surface area contributed by atoms with Gasteiger partial charge in [0, 0.05) is 37.2 Å². The van der Waals surface area contributed by atoms with Gasteiger partial charge in [-0.1, -0.05) is 47.6 Å². The fourth-order valence-corrected chi connectivity index (χ4v) is 4.42. The van der Waals surface area contributed by atoms with Crippen molar-refractivity contribution in [3.8, 4) is 11.4 Å². The molecule has 35 heavy (non-hydrogen) atoms. The van der Waals surface area contributed by atoms with Crippen LogP contribution in [-0.4, -0.2) is 46.5 Å². The third-order valence-corrected chi connectivity index (χ3v) is 6.28. The first-order valence-electron chi connectivity index (χ1n) is 11.7. The average molecular weight is 473 g/mol. The maximum absolute atomic E-state index is 13.5. The minimum absolute atomic E-state index is 0.0293. The number of piperidine rings is 1. The summed E-state index contributed by atoms with van der Waals surface area (Å²) in [4.78, 5) is 31.6. The Bertz CT molecular complexity index is 1370. The van der Waals surface area contributed by atoms with Gasteiger partial charge in [-0.3, -0.25) is 9.59 Å². The van der Waals surface area contributed by atoms with Gasteiger partial charge in [0.2, 0.25) is 17.6 Å².